The van der Waals surface area contributed by atoms with Crippen LogP contribution in [0.15, 0.2) is 24.3 Å². The molecule has 0 spiro atoms. The van der Waals surface area contributed by atoms with Crippen molar-refractivity contribution in [2.75, 3.05) is 13.2 Å². The lowest BCUT2D eigenvalue weighted by Crippen LogP contribution is -2.43. The Morgan fingerprint density at radius 2 is 2.18 bits per heavy atom. The minimum Gasteiger partial charge on any atom is -0.393 e. The molecule has 4 nitrogen and oxygen atoms in total. The van der Waals surface area contributed by atoms with E-state index in [2.05, 4.69) is 5.32 Å². The molecule has 1 aromatic carbocycles. The van der Waals surface area contributed by atoms with Crippen LogP contribution in [-0.2, 0) is 11.2 Å². The maximum Gasteiger partial charge on any atom is 0.224 e. The molecular weight excluding hydrogens is 218 g/mol. The number of carbonyl (C=O) groups is 1. The Morgan fingerprint density at radius 3 is 2.76 bits per heavy atom. The summed E-state index contributed by atoms with van der Waals surface area (Å²) in [6.07, 6.45) is 0.281. The van der Waals surface area contributed by atoms with Gasteiger partial charge in [-0.25, -0.2) is 0 Å². The Hall–Kier alpha value is -1.39. The number of nitrogens with one attached hydrogen (secondary N) is 1. The summed E-state index contributed by atoms with van der Waals surface area (Å²) in [5, 5.41) is 20.9. The summed E-state index contributed by atoms with van der Waals surface area (Å²) >= 11 is 0. The van der Waals surface area contributed by atoms with Gasteiger partial charge in [-0.2, -0.15) is 0 Å². The van der Waals surface area contributed by atoms with Crippen molar-refractivity contribution in [3.63, 3.8) is 0 Å². The fourth-order valence-corrected chi connectivity index (χ4v) is 1.41. The van der Waals surface area contributed by atoms with Crippen molar-refractivity contribution in [1.82, 2.24) is 5.32 Å². The Kier molecular flexibility index (Phi) is 4.66. The van der Waals surface area contributed by atoms with Gasteiger partial charge in [-0.05, 0) is 19.4 Å². The second-order valence-electron chi connectivity index (χ2n) is 4.60. The van der Waals surface area contributed by atoms with Gasteiger partial charge in [0.2, 0.25) is 5.91 Å². The van der Waals surface area contributed by atoms with E-state index in [1.54, 1.807) is 0 Å². The molecule has 0 fully saturated rings. The summed E-state index contributed by atoms with van der Waals surface area (Å²) in [7, 11) is 0. The van der Waals surface area contributed by atoms with Gasteiger partial charge in [0.05, 0.1) is 13.0 Å². The molecule has 1 amide bonds. The molecule has 17 heavy (non-hydrogen) atoms. The highest BCUT2D eigenvalue weighted by molar-refractivity contribution is 5.78. The van der Waals surface area contributed by atoms with Crippen LogP contribution in [0.3, 0.4) is 0 Å². The molecule has 4 heteroatoms. The smallest absolute Gasteiger partial charge is 0.224 e. The monoisotopic (exact) mass is 237 g/mol. The number of aliphatic hydroxyl groups is 2. The standard InChI is InChI=1S/C13H19NO3/c1-10-4-3-5-11(6-10)7-12(16)14-8-13(2,17)9-15/h3-6,15,17H,7-9H2,1-2H3,(H,14,16). The number of aryl methyl sites for hydroxylation is 1. The van der Waals surface area contributed by atoms with Gasteiger partial charge in [0.1, 0.15) is 5.60 Å². The molecule has 0 radical (unpaired) electrons. The van der Waals surface area contributed by atoms with E-state index in [1.807, 2.05) is 31.2 Å². The zero-order valence-corrected chi connectivity index (χ0v) is 10.2. The largest absolute Gasteiger partial charge is 0.393 e. The zero-order chi connectivity index (χ0) is 12.9. The minimum absolute atomic E-state index is 0.0498. The molecule has 0 heterocycles. The van der Waals surface area contributed by atoms with Crippen molar-refractivity contribution < 1.29 is 15.0 Å². The summed E-state index contributed by atoms with van der Waals surface area (Å²) in [6, 6.07) is 7.71. The van der Waals surface area contributed by atoms with E-state index in [9.17, 15) is 9.90 Å². The lowest BCUT2D eigenvalue weighted by Gasteiger charge is -2.20. The van der Waals surface area contributed by atoms with Crippen LogP contribution < -0.4 is 5.32 Å². The van der Waals surface area contributed by atoms with E-state index in [0.29, 0.717) is 0 Å². The normalized spacial score (nSPS) is 14.1. The van der Waals surface area contributed by atoms with E-state index in [-0.39, 0.29) is 25.5 Å². The summed E-state index contributed by atoms with van der Waals surface area (Å²) in [5.74, 6) is -0.163. The highest BCUT2D eigenvalue weighted by Gasteiger charge is 2.19. The van der Waals surface area contributed by atoms with Gasteiger partial charge in [0, 0.05) is 6.54 Å². The van der Waals surface area contributed by atoms with Crippen molar-refractivity contribution >= 4 is 5.91 Å². The molecule has 0 saturated heterocycles. The van der Waals surface area contributed by atoms with Gasteiger partial charge in [0.25, 0.3) is 0 Å². The van der Waals surface area contributed by atoms with Gasteiger partial charge < -0.3 is 15.5 Å². The van der Waals surface area contributed by atoms with Crippen LogP contribution in [0, 0.1) is 6.92 Å². The molecule has 1 unspecified atom stereocenters. The molecule has 0 aliphatic carbocycles. The summed E-state index contributed by atoms with van der Waals surface area (Å²) in [4.78, 5) is 11.6. The molecule has 0 aliphatic heterocycles. The average molecular weight is 237 g/mol. The second-order valence-corrected chi connectivity index (χ2v) is 4.60. The molecule has 0 saturated carbocycles. The van der Waals surface area contributed by atoms with Crippen LogP contribution in [0.2, 0.25) is 0 Å². The lowest BCUT2D eigenvalue weighted by molar-refractivity contribution is -0.121. The predicted molar refractivity (Wildman–Crippen MR) is 65.6 cm³/mol. The lowest BCUT2D eigenvalue weighted by atomic mass is 10.1. The molecule has 94 valence electrons. The third kappa shape index (κ3) is 4.97. The number of carbonyl (C=O) groups excluding carboxylic acids is 1. The van der Waals surface area contributed by atoms with Crippen LogP contribution in [0.4, 0.5) is 0 Å². The topological polar surface area (TPSA) is 69.6 Å². The molecule has 1 aromatic rings. The Labute approximate surface area is 101 Å². The van der Waals surface area contributed by atoms with Crippen molar-refractivity contribution in [3.05, 3.63) is 35.4 Å². The highest BCUT2D eigenvalue weighted by atomic mass is 16.3. The van der Waals surface area contributed by atoms with E-state index >= 15 is 0 Å². The molecule has 3 N–H and O–H groups in total. The molecule has 0 aromatic heterocycles. The number of hydrogen-bond donors (Lipinski definition) is 3. The number of aliphatic hydroxyl groups excluding tert-OH is 1. The number of rotatable bonds is 5. The van der Waals surface area contributed by atoms with Crippen LogP contribution >= 0.6 is 0 Å². The van der Waals surface area contributed by atoms with Crippen molar-refractivity contribution in [1.29, 1.82) is 0 Å². The summed E-state index contributed by atoms with van der Waals surface area (Å²) < 4.78 is 0. The van der Waals surface area contributed by atoms with Gasteiger partial charge in [-0.15, -0.1) is 0 Å². The van der Waals surface area contributed by atoms with Crippen molar-refractivity contribution in [3.8, 4) is 0 Å². The van der Waals surface area contributed by atoms with E-state index < -0.39 is 5.60 Å². The maximum atomic E-state index is 11.6. The Morgan fingerprint density at radius 1 is 1.47 bits per heavy atom. The molecule has 1 rings (SSSR count). The predicted octanol–water partition coefficient (Wildman–Crippen LogP) is 0.397. The fraction of sp³-hybridized carbons (Fsp3) is 0.462. The third-order valence-corrected chi connectivity index (χ3v) is 2.45. The van der Waals surface area contributed by atoms with E-state index in [0.717, 1.165) is 11.1 Å². The van der Waals surface area contributed by atoms with Crippen LogP contribution in [0.5, 0.6) is 0 Å². The molecule has 1 atom stereocenters. The number of amides is 1. The molecule has 0 aliphatic rings. The van der Waals surface area contributed by atoms with Gasteiger partial charge in [0.15, 0.2) is 0 Å². The van der Waals surface area contributed by atoms with E-state index in [4.69, 9.17) is 5.11 Å². The zero-order valence-electron chi connectivity index (χ0n) is 10.2. The van der Waals surface area contributed by atoms with Crippen molar-refractivity contribution in [2.45, 2.75) is 25.9 Å². The number of hydrogen-bond acceptors (Lipinski definition) is 3. The first-order chi connectivity index (χ1) is 7.93. The van der Waals surface area contributed by atoms with Crippen molar-refractivity contribution in [2.24, 2.45) is 0 Å². The SMILES string of the molecule is Cc1cccc(CC(=O)NCC(C)(O)CO)c1. The van der Waals surface area contributed by atoms with Crippen LogP contribution in [0.25, 0.3) is 0 Å². The fourth-order valence-electron chi connectivity index (χ4n) is 1.41. The van der Waals surface area contributed by atoms with E-state index in [1.165, 1.54) is 6.92 Å². The van der Waals surface area contributed by atoms with Crippen LogP contribution in [0.1, 0.15) is 18.1 Å². The minimum atomic E-state index is -1.26. The quantitative estimate of drug-likeness (QED) is 0.694. The Balaban J connectivity index is 2.45. The van der Waals surface area contributed by atoms with Gasteiger partial charge in [-0.1, -0.05) is 29.8 Å². The average Bonchev–Trinajstić information content (AvgIpc) is 2.27. The van der Waals surface area contributed by atoms with Gasteiger partial charge in [-0.3, -0.25) is 4.79 Å². The number of benzene rings is 1. The van der Waals surface area contributed by atoms with Crippen LogP contribution in [-0.4, -0.2) is 34.9 Å². The summed E-state index contributed by atoms with van der Waals surface area (Å²) in [6.45, 7) is 3.11. The molecular formula is C13H19NO3. The third-order valence-electron chi connectivity index (χ3n) is 2.45. The second kappa shape index (κ2) is 5.80. The Bertz CT molecular complexity index is 388. The first-order valence-corrected chi connectivity index (χ1v) is 5.58. The first-order valence-electron chi connectivity index (χ1n) is 5.58. The maximum absolute atomic E-state index is 11.6. The molecule has 0 bridgehead atoms. The summed E-state index contributed by atoms with van der Waals surface area (Å²) in [5.41, 5.74) is 0.784. The first kappa shape index (κ1) is 13.7. The van der Waals surface area contributed by atoms with Gasteiger partial charge >= 0.3 is 0 Å². The highest BCUT2D eigenvalue weighted by Crippen LogP contribution is 2.05.